The van der Waals surface area contributed by atoms with Gasteiger partial charge in [-0.15, -0.1) is 0 Å². The molecule has 0 unspecified atom stereocenters. The Morgan fingerprint density at radius 3 is 3.00 bits per heavy atom. The number of hydrogen-bond acceptors (Lipinski definition) is 2. The molecule has 0 atom stereocenters. The molecule has 0 spiro atoms. The van der Waals surface area contributed by atoms with Crippen LogP contribution >= 0.6 is 15.9 Å². The van der Waals surface area contributed by atoms with Crippen LogP contribution in [0.2, 0.25) is 0 Å². The number of aromatic amines is 1. The molecule has 2 N–H and O–H groups in total. The summed E-state index contributed by atoms with van der Waals surface area (Å²) in [6, 6.07) is 5.55. The molecule has 0 saturated heterocycles. The molecule has 1 aromatic carbocycles. The van der Waals surface area contributed by atoms with Gasteiger partial charge in [-0.1, -0.05) is 6.07 Å². The van der Waals surface area contributed by atoms with E-state index < -0.39 is 0 Å². The Morgan fingerprint density at radius 1 is 1.50 bits per heavy atom. The van der Waals surface area contributed by atoms with Crippen LogP contribution < -0.4 is 5.69 Å². The number of fused-ring (bicyclic) bond motifs is 1. The molecule has 1 heterocycles. The Kier molecular flexibility index (Phi) is 2.43. The van der Waals surface area contributed by atoms with Crippen LogP contribution in [0.5, 0.6) is 0 Å². The normalized spacial score (nSPS) is 11.0. The molecule has 14 heavy (non-hydrogen) atoms. The number of rotatable bonds is 2. The first kappa shape index (κ1) is 9.48. The Hall–Kier alpha value is -1.07. The van der Waals surface area contributed by atoms with Crippen LogP contribution in [0.3, 0.4) is 0 Å². The van der Waals surface area contributed by atoms with Gasteiger partial charge in [0.15, 0.2) is 0 Å². The third kappa shape index (κ3) is 1.38. The minimum absolute atomic E-state index is 0.0474. The fourth-order valence-electron chi connectivity index (χ4n) is 1.49. The van der Waals surface area contributed by atoms with E-state index in [0.29, 0.717) is 6.54 Å². The summed E-state index contributed by atoms with van der Waals surface area (Å²) in [7, 11) is 0. The highest BCUT2D eigenvalue weighted by molar-refractivity contribution is 9.10. The number of aromatic nitrogens is 2. The van der Waals surface area contributed by atoms with Crippen molar-refractivity contribution in [1.82, 2.24) is 9.55 Å². The highest BCUT2D eigenvalue weighted by Crippen LogP contribution is 2.20. The van der Waals surface area contributed by atoms with Crippen molar-refractivity contribution in [2.45, 2.75) is 6.54 Å². The number of para-hydroxylation sites is 1. The third-order valence-corrected chi connectivity index (χ3v) is 2.71. The first-order chi connectivity index (χ1) is 6.74. The van der Waals surface area contributed by atoms with Crippen molar-refractivity contribution in [1.29, 1.82) is 0 Å². The highest BCUT2D eigenvalue weighted by atomic mass is 79.9. The zero-order valence-electron chi connectivity index (χ0n) is 7.33. The van der Waals surface area contributed by atoms with E-state index in [4.69, 9.17) is 5.11 Å². The standard InChI is InChI=1S/C9H9BrN2O2/c10-6-2-1-3-7-8(6)12(4-5-13)9(14)11-7/h1-3,13H,4-5H2,(H,11,14). The second-order valence-corrected chi connectivity index (χ2v) is 3.80. The molecule has 2 rings (SSSR count). The van der Waals surface area contributed by atoms with E-state index in [2.05, 4.69) is 20.9 Å². The van der Waals surface area contributed by atoms with Crippen LogP contribution in [-0.4, -0.2) is 21.3 Å². The van der Waals surface area contributed by atoms with Gasteiger partial charge in [0, 0.05) is 4.47 Å². The summed E-state index contributed by atoms with van der Waals surface area (Å²) in [4.78, 5) is 14.2. The van der Waals surface area contributed by atoms with E-state index >= 15 is 0 Å². The van der Waals surface area contributed by atoms with Crippen molar-refractivity contribution in [3.05, 3.63) is 33.2 Å². The van der Waals surface area contributed by atoms with Crippen molar-refractivity contribution >= 4 is 27.0 Å². The molecule has 2 aromatic rings. The van der Waals surface area contributed by atoms with E-state index in [1.807, 2.05) is 18.2 Å². The molecule has 4 nitrogen and oxygen atoms in total. The van der Waals surface area contributed by atoms with Crippen LogP contribution in [0.15, 0.2) is 27.5 Å². The maximum Gasteiger partial charge on any atom is 0.326 e. The topological polar surface area (TPSA) is 58.0 Å². The van der Waals surface area contributed by atoms with Crippen molar-refractivity contribution < 1.29 is 5.11 Å². The minimum Gasteiger partial charge on any atom is -0.395 e. The molecule has 74 valence electrons. The predicted molar refractivity (Wildman–Crippen MR) is 57.3 cm³/mol. The number of nitrogens with zero attached hydrogens (tertiary/aromatic N) is 1. The fourth-order valence-corrected chi connectivity index (χ4v) is 2.07. The molecule has 0 fully saturated rings. The number of hydrogen-bond donors (Lipinski definition) is 2. The maximum absolute atomic E-state index is 11.5. The Morgan fingerprint density at radius 2 is 2.29 bits per heavy atom. The lowest BCUT2D eigenvalue weighted by Gasteiger charge is -2.01. The molecule has 0 saturated carbocycles. The van der Waals surface area contributed by atoms with E-state index in [-0.39, 0.29) is 12.3 Å². The molecule has 5 heteroatoms. The lowest BCUT2D eigenvalue weighted by Crippen LogP contribution is -2.18. The number of H-pyrrole nitrogens is 1. The number of halogens is 1. The first-order valence-electron chi connectivity index (χ1n) is 4.22. The van der Waals surface area contributed by atoms with E-state index in [0.717, 1.165) is 15.5 Å². The molecule has 0 bridgehead atoms. The summed E-state index contributed by atoms with van der Waals surface area (Å²) in [5, 5.41) is 8.82. The second kappa shape index (κ2) is 3.59. The smallest absolute Gasteiger partial charge is 0.326 e. The van der Waals surface area contributed by atoms with Crippen molar-refractivity contribution in [2.24, 2.45) is 0 Å². The lowest BCUT2D eigenvalue weighted by atomic mass is 10.3. The third-order valence-electron chi connectivity index (χ3n) is 2.07. The molecule has 0 aliphatic heterocycles. The van der Waals surface area contributed by atoms with E-state index in [9.17, 15) is 4.79 Å². The van der Waals surface area contributed by atoms with Gasteiger partial charge in [0.2, 0.25) is 0 Å². The molecular weight excluding hydrogens is 248 g/mol. The summed E-state index contributed by atoms with van der Waals surface area (Å²) in [5.74, 6) is 0. The predicted octanol–water partition coefficient (Wildman–Crippen LogP) is 1.08. The van der Waals surface area contributed by atoms with Crippen LogP contribution in [0, 0.1) is 0 Å². The van der Waals surface area contributed by atoms with Gasteiger partial charge in [0.1, 0.15) is 0 Å². The van der Waals surface area contributed by atoms with Gasteiger partial charge in [-0.25, -0.2) is 4.79 Å². The summed E-state index contributed by atoms with van der Waals surface area (Å²) in [6.07, 6.45) is 0. The van der Waals surface area contributed by atoms with Crippen molar-refractivity contribution in [2.75, 3.05) is 6.61 Å². The van der Waals surface area contributed by atoms with Gasteiger partial charge in [0.25, 0.3) is 0 Å². The largest absolute Gasteiger partial charge is 0.395 e. The zero-order chi connectivity index (χ0) is 10.1. The van der Waals surface area contributed by atoms with Crippen LogP contribution in [0.25, 0.3) is 11.0 Å². The minimum atomic E-state index is -0.194. The van der Waals surface area contributed by atoms with Crippen LogP contribution in [-0.2, 0) is 6.54 Å². The monoisotopic (exact) mass is 256 g/mol. The average molecular weight is 257 g/mol. The molecule has 0 amide bonds. The van der Waals surface area contributed by atoms with Gasteiger partial charge < -0.3 is 10.1 Å². The van der Waals surface area contributed by atoms with Gasteiger partial charge in [-0.3, -0.25) is 4.57 Å². The van der Waals surface area contributed by atoms with Gasteiger partial charge in [0.05, 0.1) is 24.2 Å². The summed E-state index contributed by atoms with van der Waals surface area (Å²) < 4.78 is 2.36. The van der Waals surface area contributed by atoms with Crippen LogP contribution in [0.1, 0.15) is 0 Å². The Balaban J connectivity index is 2.79. The molecule has 0 aliphatic carbocycles. The Labute approximate surface area is 88.3 Å². The van der Waals surface area contributed by atoms with Gasteiger partial charge in [-0.2, -0.15) is 0 Å². The van der Waals surface area contributed by atoms with Gasteiger partial charge >= 0.3 is 5.69 Å². The second-order valence-electron chi connectivity index (χ2n) is 2.94. The van der Waals surface area contributed by atoms with Crippen molar-refractivity contribution in [3.8, 4) is 0 Å². The molecule has 0 radical (unpaired) electrons. The quantitative estimate of drug-likeness (QED) is 0.845. The fraction of sp³-hybridized carbons (Fsp3) is 0.222. The maximum atomic E-state index is 11.5. The molecular formula is C9H9BrN2O2. The number of nitrogens with one attached hydrogen (secondary N) is 1. The zero-order valence-corrected chi connectivity index (χ0v) is 8.91. The van der Waals surface area contributed by atoms with Crippen LogP contribution in [0.4, 0.5) is 0 Å². The summed E-state index contributed by atoms with van der Waals surface area (Å²) in [5.41, 5.74) is 1.38. The first-order valence-corrected chi connectivity index (χ1v) is 5.01. The Bertz CT molecular complexity index is 515. The van der Waals surface area contributed by atoms with Gasteiger partial charge in [-0.05, 0) is 28.1 Å². The molecule has 1 aromatic heterocycles. The molecule has 0 aliphatic rings. The average Bonchev–Trinajstić information content (AvgIpc) is 2.45. The number of benzene rings is 1. The number of aliphatic hydroxyl groups is 1. The summed E-state index contributed by atoms with van der Waals surface area (Å²) >= 11 is 3.37. The summed E-state index contributed by atoms with van der Waals surface area (Å²) in [6.45, 7) is 0.260. The SMILES string of the molecule is O=c1[nH]c2cccc(Br)c2n1CCO. The van der Waals surface area contributed by atoms with E-state index in [1.54, 1.807) is 0 Å². The number of aliphatic hydroxyl groups excluding tert-OH is 1. The highest BCUT2D eigenvalue weighted by Gasteiger charge is 2.08. The lowest BCUT2D eigenvalue weighted by molar-refractivity contribution is 0.276. The van der Waals surface area contributed by atoms with Crippen molar-refractivity contribution in [3.63, 3.8) is 0 Å². The van der Waals surface area contributed by atoms with E-state index in [1.165, 1.54) is 4.57 Å². The number of imidazole rings is 1.